The van der Waals surface area contributed by atoms with E-state index in [1.54, 1.807) is 20.3 Å². The lowest BCUT2D eigenvalue weighted by Gasteiger charge is -2.22. The highest BCUT2D eigenvalue weighted by molar-refractivity contribution is 6.33. The van der Waals surface area contributed by atoms with E-state index in [0.717, 1.165) is 10.9 Å². The molecular formula is C15H19ClN2O2. The van der Waals surface area contributed by atoms with Gasteiger partial charge in [-0.3, -0.25) is 0 Å². The Morgan fingerprint density at radius 2 is 1.80 bits per heavy atom. The summed E-state index contributed by atoms with van der Waals surface area (Å²) in [5.41, 5.74) is 7.57. The SMILES string of the molecule is COc1c(Cl)cc(OC)c2nc(N)c(C(C)(C)C)cc12. The monoisotopic (exact) mass is 294 g/mol. The number of hydrogen-bond donors (Lipinski definition) is 1. The van der Waals surface area contributed by atoms with Crippen molar-refractivity contribution in [1.82, 2.24) is 4.98 Å². The van der Waals surface area contributed by atoms with Crippen LogP contribution in [0, 0.1) is 0 Å². The molecule has 0 spiro atoms. The van der Waals surface area contributed by atoms with E-state index in [2.05, 4.69) is 25.8 Å². The minimum absolute atomic E-state index is 0.119. The second-order valence-corrected chi connectivity index (χ2v) is 6.07. The van der Waals surface area contributed by atoms with E-state index >= 15 is 0 Å². The van der Waals surface area contributed by atoms with E-state index in [0.29, 0.717) is 27.9 Å². The molecule has 0 fully saturated rings. The van der Waals surface area contributed by atoms with Crippen LogP contribution >= 0.6 is 11.6 Å². The zero-order valence-corrected chi connectivity index (χ0v) is 13.1. The van der Waals surface area contributed by atoms with Gasteiger partial charge in [0.2, 0.25) is 0 Å². The van der Waals surface area contributed by atoms with Crippen LogP contribution in [0.3, 0.4) is 0 Å². The Morgan fingerprint density at radius 1 is 1.15 bits per heavy atom. The highest BCUT2D eigenvalue weighted by atomic mass is 35.5. The van der Waals surface area contributed by atoms with E-state index in [9.17, 15) is 0 Å². The number of nitrogens with zero attached hydrogens (tertiary/aromatic N) is 1. The van der Waals surface area contributed by atoms with Crippen molar-refractivity contribution < 1.29 is 9.47 Å². The highest BCUT2D eigenvalue weighted by Gasteiger charge is 2.22. The van der Waals surface area contributed by atoms with Crippen molar-refractivity contribution in [3.63, 3.8) is 0 Å². The molecule has 2 N–H and O–H groups in total. The van der Waals surface area contributed by atoms with Crippen molar-refractivity contribution in [1.29, 1.82) is 0 Å². The van der Waals surface area contributed by atoms with Gasteiger partial charge in [0.25, 0.3) is 0 Å². The van der Waals surface area contributed by atoms with Gasteiger partial charge in [0, 0.05) is 17.0 Å². The summed E-state index contributed by atoms with van der Waals surface area (Å²) >= 11 is 6.23. The molecule has 20 heavy (non-hydrogen) atoms. The van der Waals surface area contributed by atoms with E-state index < -0.39 is 0 Å². The molecule has 0 saturated heterocycles. The number of hydrogen-bond acceptors (Lipinski definition) is 4. The molecule has 0 aliphatic rings. The molecule has 1 aromatic heterocycles. The van der Waals surface area contributed by atoms with Gasteiger partial charge in [-0.25, -0.2) is 4.98 Å². The van der Waals surface area contributed by atoms with Gasteiger partial charge in [0.15, 0.2) is 0 Å². The third kappa shape index (κ3) is 2.36. The number of nitrogens with two attached hydrogens (primary N) is 1. The number of benzene rings is 1. The molecule has 5 heteroatoms. The quantitative estimate of drug-likeness (QED) is 0.915. The zero-order chi connectivity index (χ0) is 15.1. The summed E-state index contributed by atoms with van der Waals surface area (Å²) in [7, 11) is 3.16. The largest absolute Gasteiger partial charge is 0.494 e. The molecular weight excluding hydrogens is 276 g/mol. The van der Waals surface area contributed by atoms with Gasteiger partial charge >= 0.3 is 0 Å². The molecule has 2 aromatic rings. The number of methoxy groups -OCH3 is 2. The van der Waals surface area contributed by atoms with Gasteiger partial charge < -0.3 is 15.2 Å². The molecule has 0 aliphatic carbocycles. The molecule has 0 radical (unpaired) electrons. The first-order valence-corrected chi connectivity index (χ1v) is 6.68. The maximum absolute atomic E-state index is 6.23. The van der Waals surface area contributed by atoms with Gasteiger partial charge in [-0.05, 0) is 11.5 Å². The molecule has 0 unspecified atom stereocenters. The fraction of sp³-hybridized carbons (Fsp3) is 0.400. The van der Waals surface area contributed by atoms with Crippen LogP contribution in [0.4, 0.5) is 5.82 Å². The van der Waals surface area contributed by atoms with Crippen LogP contribution in [0.25, 0.3) is 10.9 Å². The normalized spacial score (nSPS) is 11.7. The first-order chi connectivity index (χ1) is 9.29. The number of aromatic nitrogens is 1. The van der Waals surface area contributed by atoms with Crippen molar-refractivity contribution in [2.75, 3.05) is 20.0 Å². The maximum atomic E-state index is 6.23. The minimum atomic E-state index is -0.119. The average Bonchev–Trinajstić information content (AvgIpc) is 2.36. The average molecular weight is 295 g/mol. The smallest absolute Gasteiger partial charge is 0.147 e. The van der Waals surface area contributed by atoms with Crippen LogP contribution in [0.5, 0.6) is 11.5 Å². The predicted molar refractivity (Wildman–Crippen MR) is 83.0 cm³/mol. The standard InChI is InChI=1S/C15H19ClN2O2/c1-15(2,3)9-6-8-12(18-14(9)17)11(19-4)7-10(16)13(8)20-5/h6-7H,1-5H3,(H2,17,18). The van der Waals surface area contributed by atoms with Crippen LogP contribution in [0.15, 0.2) is 12.1 Å². The van der Waals surface area contributed by atoms with Gasteiger partial charge in [-0.1, -0.05) is 32.4 Å². The van der Waals surface area contributed by atoms with E-state index in [-0.39, 0.29) is 5.41 Å². The predicted octanol–water partition coefficient (Wildman–Crippen LogP) is 3.79. The molecule has 0 amide bonds. The van der Waals surface area contributed by atoms with Gasteiger partial charge in [-0.15, -0.1) is 0 Å². The first-order valence-electron chi connectivity index (χ1n) is 6.30. The number of anilines is 1. The number of fused-ring (bicyclic) bond motifs is 1. The number of rotatable bonds is 2. The fourth-order valence-electron chi connectivity index (χ4n) is 2.23. The lowest BCUT2D eigenvalue weighted by atomic mass is 9.86. The van der Waals surface area contributed by atoms with E-state index in [1.807, 2.05) is 6.07 Å². The summed E-state index contributed by atoms with van der Waals surface area (Å²) in [6.07, 6.45) is 0. The van der Waals surface area contributed by atoms with E-state index in [1.165, 1.54) is 0 Å². The summed E-state index contributed by atoms with van der Waals surface area (Å²) in [6, 6.07) is 3.66. The number of halogens is 1. The third-order valence-electron chi connectivity index (χ3n) is 3.24. The Morgan fingerprint density at radius 3 is 2.30 bits per heavy atom. The maximum Gasteiger partial charge on any atom is 0.147 e. The lowest BCUT2D eigenvalue weighted by Crippen LogP contribution is -2.15. The van der Waals surface area contributed by atoms with E-state index in [4.69, 9.17) is 26.8 Å². The molecule has 0 atom stereocenters. The van der Waals surface area contributed by atoms with Crippen molar-refractivity contribution >= 4 is 28.3 Å². The topological polar surface area (TPSA) is 57.4 Å². The fourth-order valence-corrected chi connectivity index (χ4v) is 2.51. The molecule has 0 saturated carbocycles. The lowest BCUT2D eigenvalue weighted by molar-refractivity contribution is 0.410. The Balaban J connectivity index is 2.91. The van der Waals surface area contributed by atoms with Crippen LogP contribution in [-0.2, 0) is 5.41 Å². The Hall–Kier alpha value is -1.68. The molecule has 1 heterocycles. The Kier molecular flexibility index (Phi) is 3.69. The van der Waals surface area contributed by atoms with Crippen LogP contribution in [0.2, 0.25) is 5.02 Å². The first kappa shape index (κ1) is 14.7. The number of nitrogen functional groups attached to an aromatic ring is 1. The van der Waals surface area contributed by atoms with Crippen LogP contribution < -0.4 is 15.2 Å². The second-order valence-electron chi connectivity index (χ2n) is 5.66. The molecule has 1 aromatic carbocycles. The second kappa shape index (κ2) is 5.02. The summed E-state index contributed by atoms with van der Waals surface area (Å²) in [4.78, 5) is 4.48. The van der Waals surface area contributed by atoms with Crippen molar-refractivity contribution in [3.05, 3.63) is 22.7 Å². The number of pyridine rings is 1. The van der Waals surface area contributed by atoms with Crippen LogP contribution in [0.1, 0.15) is 26.3 Å². The van der Waals surface area contributed by atoms with Crippen LogP contribution in [-0.4, -0.2) is 19.2 Å². The van der Waals surface area contributed by atoms with Crippen molar-refractivity contribution in [2.24, 2.45) is 0 Å². The van der Waals surface area contributed by atoms with Crippen molar-refractivity contribution in [3.8, 4) is 11.5 Å². The molecule has 4 nitrogen and oxygen atoms in total. The minimum Gasteiger partial charge on any atom is -0.494 e. The van der Waals surface area contributed by atoms with Gasteiger partial charge in [-0.2, -0.15) is 0 Å². The third-order valence-corrected chi connectivity index (χ3v) is 3.52. The summed E-state index contributed by atoms with van der Waals surface area (Å²) in [5, 5.41) is 1.29. The summed E-state index contributed by atoms with van der Waals surface area (Å²) < 4.78 is 10.7. The van der Waals surface area contributed by atoms with Crippen molar-refractivity contribution in [2.45, 2.75) is 26.2 Å². The Bertz CT molecular complexity index is 663. The summed E-state index contributed by atoms with van der Waals surface area (Å²) in [5.74, 6) is 1.66. The highest BCUT2D eigenvalue weighted by Crippen LogP contribution is 2.41. The Labute approximate surface area is 123 Å². The zero-order valence-electron chi connectivity index (χ0n) is 12.4. The molecule has 0 aliphatic heterocycles. The molecule has 108 valence electrons. The van der Waals surface area contributed by atoms with Gasteiger partial charge in [0.1, 0.15) is 22.8 Å². The van der Waals surface area contributed by atoms with Gasteiger partial charge in [0.05, 0.1) is 19.2 Å². The molecule has 2 rings (SSSR count). The molecule has 0 bridgehead atoms. The number of ether oxygens (including phenoxy) is 2. The summed E-state index contributed by atoms with van der Waals surface area (Å²) in [6.45, 7) is 6.25.